The third-order valence-corrected chi connectivity index (χ3v) is 3.71. The van der Waals surface area contributed by atoms with Crippen LogP contribution < -0.4 is 5.32 Å². The molecule has 0 unspecified atom stereocenters. The Labute approximate surface area is 129 Å². The second kappa shape index (κ2) is 5.13. The highest BCUT2D eigenvalue weighted by atomic mass is 35.5. The van der Waals surface area contributed by atoms with Crippen LogP contribution >= 0.6 is 23.2 Å². The zero-order chi connectivity index (χ0) is 15.1. The lowest BCUT2D eigenvalue weighted by Crippen LogP contribution is -2.03. The Hall–Kier alpha value is -1.91. The second-order valence-corrected chi connectivity index (χ2v) is 5.28. The number of anilines is 1. The minimum Gasteiger partial charge on any atom is -0.321 e. The van der Waals surface area contributed by atoms with Crippen molar-refractivity contribution in [2.24, 2.45) is 0 Å². The van der Waals surface area contributed by atoms with Gasteiger partial charge >= 0.3 is 0 Å². The van der Waals surface area contributed by atoms with Gasteiger partial charge in [0.1, 0.15) is 10.8 Å². The summed E-state index contributed by atoms with van der Waals surface area (Å²) in [4.78, 5) is 12.0. The van der Waals surface area contributed by atoms with Crippen molar-refractivity contribution >= 4 is 46.4 Å². The van der Waals surface area contributed by atoms with Gasteiger partial charge in [0, 0.05) is 21.7 Å². The van der Waals surface area contributed by atoms with E-state index in [9.17, 15) is 13.6 Å². The lowest BCUT2D eigenvalue weighted by atomic mass is 10.0. The van der Waals surface area contributed by atoms with Crippen molar-refractivity contribution in [3.63, 3.8) is 0 Å². The molecule has 0 spiro atoms. The molecule has 1 amide bonds. The first-order valence-electron chi connectivity index (χ1n) is 5.94. The fourth-order valence-electron chi connectivity index (χ4n) is 2.12. The van der Waals surface area contributed by atoms with Crippen LogP contribution in [-0.2, 0) is 4.79 Å². The average molecular weight is 326 g/mol. The molecule has 0 fully saturated rings. The lowest BCUT2D eigenvalue weighted by molar-refractivity contribution is -0.110. The maximum absolute atomic E-state index is 13.9. The van der Waals surface area contributed by atoms with E-state index in [4.69, 9.17) is 23.2 Å². The van der Waals surface area contributed by atoms with Crippen LogP contribution in [0.4, 0.5) is 14.5 Å². The van der Waals surface area contributed by atoms with Crippen LogP contribution in [0.15, 0.2) is 30.3 Å². The standard InChI is InChI=1S/C15H7Cl2F2NO/c16-8-2-3-9-10(15(21)20-12(9)6-8)5-7-1-4-11(18)13(17)14(7)19/h1-6H,(H,20,21). The molecule has 3 rings (SSSR count). The summed E-state index contributed by atoms with van der Waals surface area (Å²) >= 11 is 11.4. The topological polar surface area (TPSA) is 29.1 Å². The van der Waals surface area contributed by atoms with Crippen LogP contribution in [-0.4, -0.2) is 5.91 Å². The SMILES string of the molecule is O=C1Nc2cc(Cl)ccc2C1=Cc1ccc(F)c(Cl)c1F. The molecule has 0 saturated heterocycles. The number of carbonyl (C=O) groups is 1. The summed E-state index contributed by atoms with van der Waals surface area (Å²) < 4.78 is 27.1. The van der Waals surface area contributed by atoms with Crippen molar-refractivity contribution in [3.8, 4) is 0 Å². The quantitative estimate of drug-likeness (QED) is 0.594. The van der Waals surface area contributed by atoms with Crippen LogP contribution in [0.1, 0.15) is 11.1 Å². The Balaban J connectivity index is 2.14. The minimum absolute atomic E-state index is 0.0364. The summed E-state index contributed by atoms with van der Waals surface area (Å²) in [5.74, 6) is -2.13. The smallest absolute Gasteiger partial charge is 0.256 e. The number of fused-ring (bicyclic) bond motifs is 1. The molecule has 1 heterocycles. The second-order valence-electron chi connectivity index (χ2n) is 4.47. The number of amides is 1. The summed E-state index contributed by atoms with van der Waals surface area (Å²) in [6.07, 6.45) is 1.33. The van der Waals surface area contributed by atoms with E-state index in [0.717, 1.165) is 6.07 Å². The Bertz CT molecular complexity index is 803. The summed E-state index contributed by atoms with van der Waals surface area (Å²) in [7, 11) is 0. The molecule has 1 aliphatic heterocycles. The highest BCUT2D eigenvalue weighted by Crippen LogP contribution is 2.35. The van der Waals surface area contributed by atoms with Gasteiger partial charge in [0.25, 0.3) is 5.91 Å². The lowest BCUT2D eigenvalue weighted by Gasteiger charge is -2.03. The third-order valence-electron chi connectivity index (χ3n) is 3.13. The largest absolute Gasteiger partial charge is 0.321 e. The fourth-order valence-corrected chi connectivity index (χ4v) is 2.46. The maximum atomic E-state index is 13.9. The predicted molar refractivity (Wildman–Crippen MR) is 79.3 cm³/mol. The van der Waals surface area contributed by atoms with E-state index in [1.54, 1.807) is 18.2 Å². The van der Waals surface area contributed by atoms with Crippen molar-refractivity contribution in [1.82, 2.24) is 0 Å². The summed E-state index contributed by atoms with van der Waals surface area (Å²) in [5.41, 5.74) is 1.45. The van der Waals surface area contributed by atoms with E-state index in [-0.39, 0.29) is 17.0 Å². The van der Waals surface area contributed by atoms with E-state index < -0.39 is 16.7 Å². The van der Waals surface area contributed by atoms with Gasteiger partial charge in [-0.15, -0.1) is 0 Å². The van der Waals surface area contributed by atoms with Crippen LogP contribution in [0.2, 0.25) is 10.0 Å². The van der Waals surface area contributed by atoms with Gasteiger partial charge in [-0.1, -0.05) is 29.3 Å². The van der Waals surface area contributed by atoms with E-state index in [1.807, 2.05) is 0 Å². The van der Waals surface area contributed by atoms with Gasteiger partial charge in [0.2, 0.25) is 0 Å². The molecule has 1 N–H and O–H groups in total. The summed E-state index contributed by atoms with van der Waals surface area (Å²) in [5, 5.41) is 2.51. The number of carbonyl (C=O) groups excluding carboxylic acids is 1. The number of hydrogen-bond donors (Lipinski definition) is 1. The number of hydrogen-bond acceptors (Lipinski definition) is 1. The minimum atomic E-state index is -0.903. The van der Waals surface area contributed by atoms with Crippen molar-refractivity contribution in [2.45, 2.75) is 0 Å². The first kappa shape index (κ1) is 14.0. The van der Waals surface area contributed by atoms with E-state index in [1.165, 1.54) is 12.1 Å². The fraction of sp³-hybridized carbons (Fsp3) is 0. The Morgan fingerprint density at radius 1 is 1.10 bits per heavy atom. The normalized spacial score (nSPS) is 15.2. The van der Waals surface area contributed by atoms with Crippen LogP contribution in [0, 0.1) is 11.6 Å². The molecule has 2 aromatic carbocycles. The Morgan fingerprint density at radius 3 is 2.62 bits per heavy atom. The number of benzene rings is 2. The maximum Gasteiger partial charge on any atom is 0.256 e. The highest BCUT2D eigenvalue weighted by Gasteiger charge is 2.24. The average Bonchev–Trinajstić information content (AvgIpc) is 2.74. The first-order valence-corrected chi connectivity index (χ1v) is 6.69. The third kappa shape index (κ3) is 2.41. The van der Waals surface area contributed by atoms with Crippen LogP contribution in [0.5, 0.6) is 0 Å². The number of rotatable bonds is 1. The summed E-state index contributed by atoms with van der Waals surface area (Å²) in [6, 6.07) is 7.16. The molecule has 0 saturated carbocycles. The molecule has 0 aliphatic carbocycles. The molecule has 2 nitrogen and oxygen atoms in total. The van der Waals surface area contributed by atoms with Gasteiger partial charge in [0.05, 0.1) is 5.69 Å². The van der Waals surface area contributed by atoms with Crippen molar-refractivity contribution in [3.05, 3.63) is 63.1 Å². The van der Waals surface area contributed by atoms with Crippen molar-refractivity contribution in [1.29, 1.82) is 0 Å². The number of halogens is 4. The Kier molecular flexibility index (Phi) is 3.43. The molecule has 0 aromatic heterocycles. The van der Waals surface area contributed by atoms with Gasteiger partial charge in [-0.25, -0.2) is 8.78 Å². The molecule has 2 aromatic rings. The summed E-state index contributed by atoms with van der Waals surface area (Å²) in [6.45, 7) is 0. The monoisotopic (exact) mass is 325 g/mol. The predicted octanol–water partition coefficient (Wildman–Crippen LogP) is 4.76. The number of nitrogens with one attached hydrogen (secondary N) is 1. The molecular formula is C15H7Cl2F2NO. The zero-order valence-corrected chi connectivity index (χ0v) is 11.9. The van der Waals surface area contributed by atoms with Crippen molar-refractivity contribution < 1.29 is 13.6 Å². The molecule has 1 aliphatic rings. The van der Waals surface area contributed by atoms with Gasteiger partial charge < -0.3 is 5.32 Å². The zero-order valence-electron chi connectivity index (χ0n) is 10.4. The van der Waals surface area contributed by atoms with E-state index in [2.05, 4.69) is 5.32 Å². The van der Waals surface area contributed by atoms with Crippen LogP contribution in [0.25, 0.3) is 11.6 Å². The molecule has 0 bridgehead atoms. The van der Waals surface area contributed by atoms with Gasteiger partial charge in [0.15, 0.2) is 5.82 Å². The van der Waals surface area contributed by atoms with Gasteiger partial charge in [-0.2, -0.15) is 0 Å². The van der Waals surface area contributed by atoms with Gasteiger partial charge in [-0.05, 0) is 30.3 Å². The molecule has 0 radical (unpaired) electrons. The highest BCUT2D eigenvalue weighted by molar-refractivity contribution is 6.36. The van der Waals surface area contributed by atoms with E-state index >= 15 is 0 Å². The van der Waals surface area contributed by atoms with Crippen molar-refractivity contribution in [2.75, 3.05) is 5.32 Å². The molecule has 106 valence electrons. The first-order chi connectivity index (χ1) is 9.97. The van der Waals surface area contributed by atoms with Gasteiger partial charge in [-0.3, -0.25) is 4.79 Å². The van der Waals surface area contributed by atoms with E-state index in [0.29, 0.717) is 16.3 Å². The molecular weight excluding hydrogens is 319 g/mol. The molecule has 21 heavy (non-hydrogen) atoms. The van der Waals surface area contributed by atoms with Crippen LogP contribution in [0.3, 0.4) is 0 Å². The molecule has 0 atom stereocenters. The molecule has 6 heteroatoms. The Morgan fingerprint density at radius 2 is 1.86 bits per heavy atom.